The molecular formula is C27H22FN3O8S. The number of amides is 1. The Morgan fingerprint density at radius 1 is 1.15 bits per heavy atom. The fourth-order valence-electron chi connectivity index (χ4n) is 4.69. The minimum atomic E-state index is -3.29. The van der Waals surface area contributed by atoms with Crippen LogP contribution in [0, 0.1) is 15.9 Å². The molecule has 1 aliphatic carbocycles. The van der Waals surface area contributed by atoms with E-state index in [-0.39, 0.29) is 29.5 Å². The molecule has 2 N–H and O–H groups in total. The van der Waals surface area contributed by atoms with Crippen molar-refractivity contribution >= 4 is 45.1 Å². The number of anilines is 1. The largest absolute Gasteiger partial charge is 0.477 e. The van der Waals surface area contributed by atoms with E-state index in [1.807, 2.05) is 0 Å². The highest BCUT2D eigenvalue weighted by Crippen LogP contribution is 2.45. The molecule has 0 aliphatic heterocycles. The first kappa shape index (κ1) is 26.8. The monoisotopic (exact) mass is 567 g/mol. The number of hydrogen-bond acceptors (Lipinski definition) is 7. The van der Waals surface area contributed by atoms with Crippen LogP contribution in [0.4, 0.5) is 15.8 Å². The van der Waals surface area contributed by atoms with Crippen LogP contribution in [0.3, 0.4) is 0 Å². The minimum Gasteiger partial charge on any atom is -0.477 e. The van der Waals surface area contributed by atoms with Gasteiger partial charge in [-0.3, -0.25) is 19.2 Å². The molecule has 206 valence electrons. The molecule has 0 bridgehead atoms. The molecule has 1 fully saturated rings. The van der Waals surface area contributed by atoms with E-state index in [1.54, 1.807) is 12.1 Å². The number of nitro benzene ring substituents is 1. The number of aromatic carboxylic acids is 1. The van der Waals surface area contributed by atoms with Crippen LogP contribution in [0.25, 0.3) is 22.3 Å². The number of carboxylic acids is 1. The average Bonchev–Trinajstić information content (AvgIpc) is 3.71. The highest BCUT2D eigenvalue weighted by Gasteiger charge is 2.31. The molecule has 4 aromatic rings. The van der Waals surface area contributed by atoms with Crippen LogP contribution in [-0.2, 0) is 17.4 Å². The number of nitro groups is 1. The fraction of sp³-hybridized carbons (Fsp3) is 0.185. The van der Waals surface area contributed by atoms with E-state index < -0.39 is 44.8 Å². The summed E-state index contributed by atoms with van der Waals surface area (Å²) in [5, 5.41) is 23.8. The number of furan rings is 1. The van der Waals surface area contributed by atoms with Crippen molar-refractivity contribution in [1.82, 2.24) is 5.32 Å². The van der Waals surface area contributed by atoms with Crippen LogP contribution >= 0.6 is 0 Å². The average molecular weight is 568 g/mol. The Morgan fingerprint density at radius 3 is 2.42 bits per heavy atom. The fourth-order valence-corrected chi connectivity index (χ4v) is 5.27. The summed E-state index contributed by atoms with van der Waals surface area (Å²) in [6, 6.07) is 12.0. The van der Waals surface area contributed by atoms with Crippen molar-refractivity contribution < 1.29 is 36.8 Å². The van der Waals surface area contributed by atoms with Crippen molar-refractivity contribution in [2.45, 2.75) is 25.3 Å². The SMILES string of the molecule is CNC(=O)c1c(-c2ccc(F)cc2)oc2cc(CN(c3ccc([N+](=O)[O-])c(C(=O)O)c3)[SH](=O)=O)c(C3CC3)cc12. The molecule has 40 heavy (non-hydrogen) atoms. The van der Waals surface area contributed by atoms with Crippen molar-refractivity contribution in [1.29, 1.82) is 0 Å². The minimum absolute atomic E-state index is 0.0570. The Morgan fingerprint density at radius 2 is 1.85 bits per heavy atom. The van der Waals surface area contributed by atoms with Gasteiger partial charge in [-0.25, -0.2) is 17.6 Å². The summed E-state index contributed by atoms with van der Waals surface area (Å²) < 4.78 is 45.2. The molecule has 0 spiro atoms. The second-order valence-electron chi connectivity index (χ2n) is 9.27. The van der Waals surface area contributed by atoms with Gasteiger partial charge in [0.1, 0.15) is 22.7 Å². The highest BCUT2D eigenvalue weighted by molar-refractivity contribution is 7.74. The zero-order valence-electron chi connectivity index (χ0n) is 20.9. The van der Waals surface area contributed by atoms with Crippen molar-refractivity contribution in [3.05, 3.63) is 92.8 Å². The van der Waals surface area contributed by atoms with E-state index in [1.165, 1.54) is 37.4 Å². The number of carboxylic acid groups (broad SMARTS) is 1. The summed E-state index contributed by atoms with van der Waals surface area (Å²) in [6.45, 7) is -0.209. The van der Waals surface area contributed by atoms with Crippen LogP contribution < -0.4 is 9.62 Å². The third-order valence-electron chi connectivity index (χ3n) is 6.75. The standard InChI is InChI=1S/C27H22FN3O8S/c1-29-26(32)24-21-12-19(14-2-3-14)16(10-23(21)39-25(24)15-4-6-17(28)7-5-15)13-30(40(37)38)18-8-9-22(31(35)36)20(11-18)27(33)34/h4-12,14,40H,2-3,13H2,1H3,(H,29,32)(H,33,34). The van der Waals surface area contributed by atoms with Gasteiger partial charge in [0.25, 0.3) is 11.6 Å². The number of halogens is 1. The third kappa shape index (κ3) is 4.98. The maximum absolute atomic E-state index is 13.6. The van der Waals surface area contributed by atoms with E-state index in [2.05, 4.69) is 5.32 Å². The van der Waals surface area contributed by atoms with Crippen molar-refractivity contribution in [2.75, 3.05) is 11.4 Å². The van der Waals surface area contributed by atoms with Gasteiger partial charge in [-0.15, -0.1) is 0 Å². The molecule has 13 heteroatoms. The number of thiol groups is 1. The Balaban J connectivity index is 1.65. The summed E-state index contributed by atoms with van der Waals surface area (Å²) in [6.07, 6.45) is 1.70. The highest BCUT2D eigenvalue weighted by atomic mass is 32.2. The summed E-state index contributed by atoms with van der Waals surface area (Å²) >= 11 is 0. The predicted molar refractivity (Wildman–Crippen MR) is 144 cm³/mol. The molecule has 1 amide bonds. The number of nitrogens with zero attached hydrogens (tertiary/aromatic N) is 2. The molecule has 1 heterocycles. The number of rotatable bonds is 9. The van der Waals surface area contributed by atoms with E-state index in [4.69, 9.17) is 4.42 Å². The quantitative estimate of drug-likeness (QED) is 0.150. The maximum atomic E-state index is 13.6. The van der Waals surface area contributed by atoms with Gasteiger partial charge in [-0.2, -0.15) is 0 Å². The summed E-state index contributed by atoms with van der Waals surface area (Å²) in [7, 11) is -1.81. The number of carbonyl (C=O) groups is 2. The van der Waals surface area contributed by atoms with Crippen LogP contribution in [-0.4, -0.2) is 37.4 Å². The lowest BCUT2D eigenvalue weighted by Crippen LogP contribution is -2.22. The maximum Gasteiger partial charge on any atom is 0.342 e. The molecule has 1 saturated carbocycles. The van der Waals surface area contributed by atoms with Crippen LogP contribution in [0.1, 0.15) is 50.6 Å². The Bertz CT molecular complexity index is 1750. The second-order valence-corrected chi connectivity index (χ2v) is 10.2. The Hall–Kier alpha value is -4.78. The van der Waals surface area contributed by atoms with E-state index >= 15 is 0 Å². The van der Waals surface area contributed by atoms with Gasteiger partial charge in [0.15, 0.2) is 0 Å². The lowest BCUT2D eigenvalue weighted by molar-refractivity contribution is -0.385. The molecule has 5 rings (SSSR count). The van der Waals surface area contributed by atoms with Crippen molar-refractivity contribution in [2.24, 2.45) is 0 Å². The first-order valence-electron chi connectivity index (χ1n) is 12.1. The topological polar surface area (TPSA) is 160 Å². The summed E-state index contributed by atoms with van der Waals surface area (Å²) in [4.78, 5) is 35.0. The second kappa shape index (κ2) is 10.4. The molecule has 0 saturated heterocycles. The molecule has 11 nitrogen and oxygen atoms in total. The number of benzene rings is 3. The van der Waals surface area contributed by atoms with E-state index in [0.717, 1.165) is 34.8 Å². The third-order valence-corrected chi connectivity index (χ3v) is 7.52. The Kier molecular flexibility index (Phi) is 6.98. The molecule has 0 atom stereocenters. The number of fused-ring (bicyclic) bond motifs is 1. The predicted octanol–water partition coefficient (Wildman–Crippen LogP) is 4.62. The first-order chi connectivity index (χ1) is 19.1. The van der Waals surface area contributed by atoms with Gasteiger partial charge >= 0.3 is 5.97 Å². The molecule has 1 aromatic heterocycles. The van der Waals surface area contributed by atoms with Gasteiger partial charge in [-0.1, -0.05) is 0 Å². The van der Waals surface area contributed by atoms with Crippen molar-refractivity contribution in [3.8, 4) is 11.3 Å². The Labute approximate surface area is 228 Å². The van der Waals surface area contributed by atoms with Crippen LogP contribution in [0.5, 0.6) is 0 Å². The zero-order valence-corrected chi connectivity index (χ0v) is 21.8. The number of hydrogen-bond donors (Lipinski definition) is 3. The van der Waals surface area contributed by atoms with Gasteiger partial charge in [-0.05, 0) is 78.4 Å². The van der Waals surface area contributed by atoms with Gasteiger partial charge in [0.05, 0.1) is 22.7 Å². The lowest BCUT2D eigenvalue weighted by atomic mass is 9.97. The summed E-state index contributed by atoms with van der Waals surface area (Å²) in [5.74, 6) is -2.10. The molecular weight excluding hydrogens is 545 g/mol. The number of carbonyl (C=O) groups excluding carboxylic acids is 1. The number of nitrogens with one attached hydrogen (secondary N) is 1. The van der Waals surface area contributed by atoms with E-state index in [0.29, 0.717) is 22.1 Å². The molecule has 0 radical (unpaired) electrons. The molecule has 3 aromatic carbocycles. The first-order valence-corrected chi connectivity index (χ1v) is 13.2. The van der Waals surface area contributed by atoms with Crippen LogP contribution in [0.2, 0.25) is 0 Å². The molecule has 0 unspecified atom stereocenters. The van der Waals surface area contributed by atoms with Crippen LogP contribution in [0.15, 0.2) is 59.0 Å². The lowest BCUT2D eigenvalue weighted by Gasteiger charge is -2.20. The van der Waals surface area contributed by atoms with E-state index in [9.17, 15) is 37.6 Å². The van der Waals surface area contributed by atoms with Gasteiger partial charge in [0, 0.05) is 24.1 Å². The van der Waals surface area contributed by atoms with Gasteiger partial charge < -0.3 is 14.8 Å². The van der Waals surface area contributed by atoms with Crippen molar-refractivity contribution in [3.63, 3.8) is 0 Å². The smallest absolute Gasteiger partial charge is 0.342 e. The zero-order chi connectivity index (χ0) is 28.7. The van der Waals surface area contributed by atoms with Gasteiger partial charge in [0.2, 0.25) is 10.9 Å². The normalized spacial score (nSPS) is 13.0. The molecule has 1 aliphatic rings. The summed E-state index contributed by atoms with van der Waals surface area (Å²) in [5.41, 5.74) is 1.02.